The topological polar surface area (TPSA) is 67.6 Å². The van der Waals surface area contributed by atoms with E-state index in [0.29, 0.717) is 5.82 Å². The predicted octanol–water partition coefficient (Wildman–Crippen LogP) is 2.05. The van der Waals surface area contributed by atoms with Gasteiger partial charge < -0.3 is 5.73 Å². The van der Waals surface area contributed by atoms with Crippen LogP contribution in [0.5, 0.6) is 0 Å². The largest absolute Gasteiger partial charge is 0.322 e. The molecule has 1 aromatic heterocycles. The molecule has 0 amide bonds. The summed E-state index contributed by atoms with van der Waals surface area (Å²) >= 11 is 0. The zero-order chi connectivity index (χ0) is 11.5. The molecule has 1 atom stereocenters. The first-order valence-corrected chi connectivity index (χ1v) is 5.48. The summed E-state index contributed by atoms with van der Waals surface area (Å²) in [4.78, 5) is 4.34. The molecule has 0 spiro atoms. The van der Waals surface area contributed by atoms with Gasteiger partial charge in [0.05, 0.1) is 6.04 Å². The number of nitrogens with two attached hydrogens (primary N) is 1. The van der Waals surface area contributed by atoms with Crippen LogP contribution in [0.3, 0.4) is 0 Å². The van der Waals surface area contributed by atoms with E-state index in [2.05, 4.69) is 34.2 Å². The fraction of sp³-hybridized carbons (Fsp3) is 0.333. The van der Waals surface area contributed by atoms with Crippen LogP contribution < -0.4 is 5.73 Å². The van der Waals surface area contributed by atoms with Crippen molar-refractivity contribution in [3.63, 3.8) is 0 Å². The number of nitrogens with zero attached hydrogens (tertiary/aromatic N) is 2. The third-order valence-corrected chi connectivity index (χ3v) is 2.55. The van der Waals surface area contributed by atoms with Crippen molar-refractivity contribution in [2.24, 2.45) is 5.73 Å². The van der Waals surface area contributed by atoms with Crippen molar-refractivity contribution >= 4 is 0 Å². The zero-order valence-electron chi connectivity index (χ0n) is 9.57. The van der Waals surface area contributed by atoms with E-state index in [9.17, 15) is 0 Å². The first-order valence-electron chi connectivity index (χ1n) is 5.48. The maximum Gasteiger partial charge on any atom is 0.181 e. The van der Waals surface area contributed by atoms with Gasteiger partial charge in [-0.3, -0.25) is 5.10 Å². The molecule has 3 N–H and O–H groups in total. The highest BCUT2D eigenvalue weighted by Crippen LogP contribution is 2.16. The third kappa shape index (κ3) is 2.12. The zero-order valence-corrected chi connectivity index (χ0v) is 9.57. The van der Waals surface area contributed by atoms with Crippen LogP contribution in [0, 0.1) is 0 Å². The molecule has 0 aliphatic rings. The number of hydrogen-bond donors (Lipinski definition) is 2. The summed E-state index contributed by atoms with van der Waals surface area (Å²) in [5.41, 5.74) is 8.04. The molecular weight excluding hydrogens is 200 g/mol. The maximum absolute atomic E-state index is 5.72. The number of aromatic nitrogens is 3. The number of rotatable bonds is 3. The van der Waals surface area contributed by atoms with E-state index in [1.165, 1.54) is 5.56 Å². The molecule has 84 valence electrons. The minimum absolute atomic E-state index is 0.115. The van der Waals surface area contributed by atoms with Crippen LogP contribution in [-0.4, -0.2) is 15.2 Å². The molecule has 4 heteroatoms. The van der Waals surface area contributed by atoms with Crippen molar-refractivity contribution < 1.29 is 0 Å². The highest BCUT2D eigenvalue weighted by molar-refractivity contribution is 5.54. The Kier molecular flexibility index (Phi) is 3.01. The number of benzene rings is 1. The summed E-state index contributed by atoms with van der Waals surface area (Å²) in [6.45, 7) is 4.01. The summed E-state index contributed by atoms with van der Waals surface area (Å²) < 4.78 is 0. The van der Waals surface area contributed by atoms with Crippen molar-refractivity contribution in [1.82, 2.24) is 15.2 Å². The fourth-order valence-corrected chi connectivity index (χ4v) is 1.50. The van der Waals surface area contributed by atoms with Gasteiger partial charge >= 0.3 is 0 Å². The van der Waals surface area contributed by atoms with Crippen molar-refractivity contribution in [1.29, 1.82) is 0 Å². The molecule has 0 bridgehead atoms. The molecule has 0 aliphatic carbocycles. The van der Waals surface area contributed by atoms with Crippen LogP contribution in [0.2, 0.25) is 0 Å². The van der Waals surface area contributed by atoms with Gasteiger partial charge in [0.25, 0.3) is 0 Å². The monoisotopic (exact) mass is 216 g/mol. The van der Waals surface area contributed by atoms with Gasteiger partial charge in [0.1, 0.15) is 5.82 Å². The van der Waals surface area contributed by atoms with Crippen molar-refractivity contribution in [3.05, 3.63) is 35.7 Å². The summed E-state index contributed by atoms with van der Waals surface area (Å²) in [7, 11) is 0. The molecule has 0 saturated carbocycles. The Bertz CT molecular complexity index is 456. The highest BCUT2D eigenvalue weighted by Gasteiger charge is 2.08. The standard InChI is InChI=1S/C12H16N4/c1-3-9-4-6-10(7-5-9)12-14-11(8(2)13)15-16-12/h4-8H,3,13H2,1-2H3,(H,14,15,16). The van der Waals surface area contributed by atoms with Gasteiger partial charge in [-0.1, -0.05) is 31.2 Å². The average molecular weight is 216 g/mol. The maximum atomic E-state index is 5.72. The second kappa shape index (κ2) is 4.45. The molecule has 0 aliphatic heterocycles. The average Bonchev–Trinajstić information content (AvgIpc) is 2.78. The van der Waals surface area contributed by atoms with Gasteiger partial charge in [0.15, 0.2) is 5.82 Å². The van der Waals surface area contributed by atoms with Gasteiger partial charge in [-0.2, -0.15) is 5.10 Å². The van der Waals surface area contributed by atoms with Crippen LogP contribution in [-0.2, 0) is 6.42 Å². The Labute approximate surface area is 94.9 Å². The van der Waals surface area contributed by atoms with Crippen molar-refractivity contribution in [2.75, 3.05) is 0 Å². The van der Waals surface area contributed by atoms with Gasteiger partial charge in [0, 0.05) is 5.56 Å². The Morgan fingerprint density at radius 2 is 2.00 bits per heavy atom. The number of hydrogen-bond acceptors (Lipinski definition) is 3. The first kappa shape index (κ1) is 10.8. The van der Waals surface area contributed by atoms with Crippen LogP contribution in [0.15, 0.2) is 24.3 Å². The summed E-state index contributed by atoms with van der Waals surface area (Å²) in [5, 5.41) is 6.99. The molecule has 4 nitrogen and oxygen atoms in total. The second-order valence-electron chi connectivity index (χ2n) is 3.88. The minimum atomic E-state index is -0.115. The van der Waals surface area contributed by atoms with Crippen LogP contribution >= 0.6 is 0 Å². The molecule has 1 aromatic carbocycles. The molecule has 0 saturated heterocycles. The molecule has 2 aromatic rings. The first-order chi connectivity index (χ1) is 7.70. The molecule has 0 radical (unpaired) electrons. The van der Waals surface area contributed by atoms with Crippen LogP contribution in [0.4, 0.5) is 0 Å². The van der Waals surface area contributed by atoms with Crippen molar-refractivity contribution in [3.8, 4) is 11.4 Å². The van der Waals surface area contributed by atoms with Gasteiger partial charge in [-0.25, -0.2) is 4.98 Å². The van der Waals surface area contributed by atoms with Crippen LogP contribution in [0.25, 0.3) is 11.4 Å². The molecule has 16 heavy (non-hydrogen) atoms. The number of nitrogens with one attached hydrogen (secondary N) is 1. The molecule has 1 unspecified atom stereocenters. The van der Waals surface area contributed by atoms with Gasteiger partial charge in [0.2, 0.25) is 0 Å². The van der Waals surface area contributed by atoms with E-state index in [-0.39, 0.29) is 6.04 Å². The lowest BCUT2D eigenvalue weighted by Crippen LogP contribution is -2.06. The fourth-order valence-electron chi connectivity index (χ4n) is 1.50. The number of aromatic amines is 1. The Morgan fingerprint density at radius 1 is 1.31 bits per heavy atom. The minimum Gasteiger partial charge on any atom is -0.322 e. The Hall–Kier alpha value is -1.68. The lowest BCUT2D eigenvalue weighted by Gasteiger charge is -1.98. The summed E-state index contributed by atoms with van der Waals surface area (Å²) in [6.07, 6.45) is 1.04. The quantitative estimate of drug-likeness (QED) is 0.825. The molecule has 0 fully saturated rings. The van der Waals surface area contributed by atoms with E-state index in [0.717, 1.165) is 17.8 Å². The lowest BCUT2D eigenvalue weighted by atomic mass is 10.1. The highest BCUT2D eigenvalue weighted by atomic mass is 15.2. The van der Waals surface area contributed by atoms with E-state index in [1.807, 2.05) is 19.1 Å². The van der Waals surface area contributed by atoms with E-state index in [4.69, 9.17) is 5.73 Å². The van der Waals surface area contributed by atoms with E-state index < -0.39 is 0 Å². The van der Waals surface area contributed by atoms with Crippen LogP contribution in [0.1, 0.15) is 31.3 Å². The lowest BCUT2D eigenvalue weighted by molar-refractivity contribution is 0.745. The molecule has 2 rings (SSSR count). The summed E-state index contributed by atoms with van der Waals surface area (Å²) in [5.74, 6) is 1.42. The summed E-state index contributed by atoms with van der Waals surface area (Å²) in [6, 6.07) is 8.14. The second-order valence-corrected chi connectivity index (χ2v) is 3.88. The number of H-pyrrole nitrogens is 1. The predicted molar refractivity (Wildman–Crippen MR) is 63.8 cm³/mol. The Balaban J connectivity index is 2.28. The van der Waals surface area contributed by atoms with E-state index in [1.54, 1.807) is 0 Å². The molecule has 1 heterocycles. The van der Waals surface area contributed by atoms with E-state index >= 15 is 0 Å². The third-order valence-electron chi connectivity index (χ3n) is 2.55. The smallest absolute Gasteiger partial charge is 0.181 e. The molecular formula is C12H16N4. The SMILES string of the molecule is CCc1ccc(-c2n[nH]c(C(C)N)n2)cc1. The van der Waals surface area contributed by atoms with Crippen molar-refractivity contribution in [2.45, 2.75) is 26.3 Å². The normalized spacial score (nSPS) is 12.7. The number of aryl methyl sites for hydroxylation is 1. The van der Waals surface area contributed by atoms with Gasteiger partial charge in [-0.15, -0.1) is 0 Å². The van der Waals surface area contributed by atoms with Gasteiger partial charge in [-0.05, 0) is 18.9 Å². The Morgan fingerprint density at radius 3 is 2.50 bits per heavy atom.